The molecule has 8 nitrogen and oxygen atoms in total. The molecule has 1 amide bonds. The highest BCUT2D eigenvalue weighted by molar-refractivity contribution is 7.89. The maximum absolute atomic E-state index is 12.7. The fraction of sp³-hybridized carbons (Fsp3) is 0.571. The molecule has 3 atom stereocenters. The number of nitrogens with zero attached hydrogens (tertiary/aromatic N) is 1. The number of sulfonamides is 1. The van der Waals surface area contributed by atoms with Crippen LogP contribution in [0.2, 0.25) is 0 Å². The Hall–Kier alpha value is -2.26. The number of ketones is 1. The molecule has 0 aromatic heterocycles. The molecule has 1 aliphatic heterocycles. The van der Waals surface area contributed by atoms with Gasteiger partial charge in [0.25, 0.3) is 5.91 Å². The van der Waals surface area contributed by atoms with Crippen LogP contribution in [0.3, 0.4) is 0 Å². The molecule has 1 aliphatic rings. The molecule has 166 valence electrons. The Balaban J connectivity index is 1.85. The standard InChI is InChI=1S/C21H30N2O6S/c1-14-6-5-7-15(2)23(14)21(26)17(4)29-20(25)12-13-22-30(27,28)19-10-8-18(9-11-19)16(3)24/h8-11,14-15,17,22H,5-7,12-13H2,1-4H3. The van der Waals surface area contributed by atoms with Crippen LogP contribution in [0.25, 0.3) is 0 Å². The van der Waals surface area contributed by atoms with Crippen LogP contribution in [-0.4, -0.2) is 55.7 Å². The third-order valence-electron chi connectivity index (χ3n) is 5.30. The first-order chi connectivity index (χ1) is 14.0. The van der Waals surface area contributed by atoms with Gasteiger partial charge < -0.3 is 9.64 Å². The molecule has 1 N–H and O–H groups in total. The molecule has 1 aromatic carbocycles. The summed E-state index contributed by atoms with van der Waals surface area (Å²) in [5.41, 5.74) is 0.411. The monoisotopic (exact) mass is 438 g/mol. The highest BCUT2D eigenvalue weighted by Crippen LogP contribution is 2.23. The summed E-state index contributed by atoms with van der Waals surface area (Å²) in [6.45, 7) is 6.74. The normalized spacial score (nSPS) is 20.5. The summed E-state index contributed by atoms with van der Waals surface area (Å²) >= 11 is 0. The summed E-state index contributed by atoms with van der Waals surface area (Å²) in [7, 11) is -3.82. The molecule has 9 heteroatoms. The van der Waals surface area contributed by atoms with E-state index in [9.17, 15) is 22.8 Å². The van der Waals surface area contributed by atoms with Gasteiger partial charge in [0.05, 0.1) is 11.3 Å². The quantitative estimate of drug-likeness (QED) is 0.493. The minimum Gasteiger partial charge on any atom is -0.452 e. The Morgan fingerprint density at radius 1 is 1.13 bits per heavy atom. The van der Waals surface area contributed by atoms with Crippen LogP contribution < -0.4 is 4.72 Å². The smallest absolute Gasteiger partial charge is 0.307 e. The minimum absolute atomic E-state index is 0.00233. The number of likely N-dealkylation sites (tertiary alicyclic amines) is 1. The summed E-state index contributed by atoms with van der Waals surface area (Å²) in [5, 5.41) is 0. The van der Waals surface area contributed by atoms with Gasteiger partial charge in [0, 0.05) is 24.2 Å². The number of benzene rings is 1. The van der Waals surface area contributed by atoms with Crippen molar-refractivity contribution in [2.75, 3.05) is 6.54 Å². The van der Waals surface area contributed by atoms with Crippen molar-refractivity contribution in [3.8, 4) is 0 Å². The molecule has 0 bridgehead atoms. The lowest BCUT2D eigenvalue weighted by Gasteiger charge is -2.40. The molecular formula is C21H30N2O6S. The van der Waals surface area contributed by atoms with Gasteiger partial charge in [-0.05, 0) is 59.1 Å². The summed E-state index contributed by atoms with van der Waals surface area (Å²) in [5.74, 6) is -1.04. The van der Waals surface area contributed by atoms with E-state index in [0.29, 0.717) is 5.56 Å². The van der Waals surface area contributed by atoms with E-state index in [4.69, 9.17) is 4.74 Å². The van der Waals surface area contributed by atoms with Crippen LogP contribution >= 0.6 is 0 Å². The summed E-state index contributed by atoms with van der Waals surface area (Å²) < 4.78 is 32.1. The average Bonchev–Trinajstić information content (AvgIpc) is 2.67. The fourth-order valence-electron chi connectivity index (χ4n) is 3.61. The third-order valence-corrected chi connectivity index (χ3v) is 6.77. The van der Waals surface area contributed by atoms with Gasteiger partial charge in [-0.2, -0.15) is 0 Å². The molecule has 3 unspecified atom stereocenters. The summed E-state index contributed by atoms with van der Waals surface area (Å²) in [4.78, 5) is 37.8. The van der Waals surface area contributed by atoms with Gasteiger partial charge >= 0.3 is 5.97 Å². The van der Waals surface area contributed by atoms with Crippen LogP contribution in [0.15, 0.2) is 29.2 Å². The second kappa shape index (κ2) is 10.2. The summed E-state index contributed by atoms with van der Waals surface area (Å²) in [6.07, 6.45) is 1.79. The molecule has 0 aliphatic carbocycles. The molecule has 1 saturated heterocycles. The van der Waals surface area contributed by atoms with E-state index in [1.165, 1.54) is 38.1 Å². The predicted molar refractivity (Wildman–Crippen MR) is 111 cm³/mol. The van der Waals surface area contributed by atoms with Crippen LogP contribution in [0.4, 0.5) is 0 Å². The lowest BCUT2D eigenvalue weighted by molar-refractivity contribution is -0.162. The summed E-state index contributed by atoms with van der Waals surface area (Å²) in [6, 6.07) is 5.73. The van der Waals surface area contributed by atoms with Crippen molar-refractivity contribution in [3.05, 3.63) is 29.8 Å². The first-order valence-corrected chi connectivity index (χ1v) is 11.6. The van der Waals surface area contributed by atoms with Gasteiger partial charge in [0.2, 0.25) is 10.0 Å². The number of nitrogens with one attached hydrogen (secondary N) is 1. The van der Waals surface area contributed by atoms with Crippen molar-refractivity contribution in [1.29, 1.82) is 0 Å². The van der Waals surface area contributed by atoms with Crippen molar-refractivity contribution in [2.45, 2.75) is 76.5 Å². The third kappa shape index (κ3) is 6.12. The second-order valence-electron chi connectivity index (χ2n) is 7.73. The Morgan fingerprint density at radius 3 is 2.23 bits per heavy atom. The number of esters is 1. The number of hydrogen-bond donors (Lipinski definition) is 1. The van der Waals surface area contributed by atoms with Crippen LogP contribution in [0.1, 0.15) is 63.7 Å². The Bertz CT molecular complexity index is 871. The highest BCUT2D eigenvalue weighted by Gasteiger charge is 2.33. The van der Waals surface area contributed by atoms with Crippen LogP contribution in [0, 0.1) is 0 Å². The molecule has 1 fully saturated rings. The molecule has 1 heterocycles. The van der Waals surface area contributed by atoms with Gasteiger partial charge in [-0.15, -0.1) is 0 Å². The number of Topliss-reactive ketones (excluding diaryl/α,β-unsaturated/α-hetero) is 1. The van der Waals surface area contributed by atoms with Crippen molar-refractivity contribution >= 4 is 27.7 Å². The topological polar surface area (TPSA) is 110 Å². The van der Waals surface area contributed by atoms with Crippen LogP contribution in [0.5, 0.6) is 0 Å². The van der Waals surface area contributed by atoms with Crippen LogP contribution in [-0.2, 0) is 24.3 Å². The van der Waals surface area contributed by atoms with Gasteiger partial charge in [-0.3, -0.25) is 14.4 Å². The number of rotatable bonds is 8. The highest BCUT2D eigenvalue weighted by atomic mass is 32.2. The number of carbonyl (C=O) groups is 3. The Kier molecular flexibility index (Phi) is 8.14. The van der Waals surface area contributed by atoms with E-state index < -0.39 is 22.1 Å². The van der Waals surface area contributed by atoms with Crippen molar-refractivity contribution < 1.29 is 27.5 Å². The van der Waals surface area contributed by atoms with Crippen molar-refractivity contribution in [1.82, 2.24) is 9.62 Å². The van der Waals surface area contributed by atoms with Crippen molar-refractivity contribution in [3.63, 3.8) is 0 Å². The number of piperidine rings is 1. The first-order valence-electron chi connectivity index (χ1n) is 10.1. The van der Waals surface area contributed by atoms with E-state index >= 15 is 0 Å². The Morgan fingerprint density at radius 2 is 1.70 bits per heavy atom. The van der Waals surface area contributed by atoms with Crippen molar-refractivity contribution in [2.24, 2.45) is 0 Å². The SMILES string of the molecule is CC(=O)c1ccc(S(=O)(=O)NCCC(=O)OC(C)C(=O)N2C(C)CCCC2C)cc1. The predicted octanol–water partition coefficient (Wildman–Crippen LogP) is 2.28. The molecule has 0 saturated carbocycles. The zero-order valence-corrected chi connectivity index (χ0v) is 18.7. The largest absolute Gasteiger partial charge is 0.452 e. The number of carbonyl (C=O) groups excluding carboxylic acids is 3. The fourth-order valence-corrected chi connectivity index (χ4v) is 4.64. The van der Waals surface area contributed by atoms with E-state index in [2.05, 4.69) is 4.72 Å². The molecule has 30 heavy (non-hydrogen) atoms. The van der Waals surface area contributed by atoms with Gasteiger partial charge in [-0.25, -0.2) is 13.1 Å². The molecular weight excluding hydrogens is 408 g/mol. The lowest BCUT2D eigenvalue weighted by Crippen LogP contribution is -2.51. The van der Waals surface area contributed by atoms with Gasteiger partial charge in [-0.1, -0.05) is 12.1 Å². The number of hydrogen-bond acceptors (Lipinski definition) is 6. The second-order valence-corrected chi connectivity index (χ2v) is 9.50. The van der Waals surface area contributed by atoms with Gasteiger partial charge in [0.15, 0.2) is 11.9 Å². The lowest BCUT2D eigenvalue weighted by atomic mass is 9.97. The Labute approximate surface area is 178 Å². The molecule has 1 aromatic rings. The van der Waals surface area contributed by atoms with E-state index in [0.717, 1.165) is 19.3 Å². The maximum Gasteiger partial charge on any atom is 0.307 e. The first kappa shape index (κ1) is 24.0. The zero-order chi connectivity index (χ0) is 22.5. The average molecular weight is 439 g/mol. The number of ether oxygens (including phenoxy) is 1. The number of amides is 1. The molecule has 2 rings (SSSR count). The van der Waals surface area contributed by atoms with Gasteiger partial charge in [0.1, 0.15) is 0 Å². The van der Waals surface area contributed by atoms with E-state index in [1.54, 1.807) is 4.90 Å². The maximum atomic E-state index is 12.7. The van der Waals surface area contributed by atoms with E-state index in [1.807, 2.05) is 13.8 Å². The van der Waals surface area contributed by atoms with E-state index in [-0.39, 0.29) is 41.6 Å². The molecule has 0 spiro atoms. The molecule has 0 radical (unpaired) electrons. The minimum atomic E-state index is -3.82. The zero-order valence-electron chi connectivity index (χ0n) is 17.9.